The van der Waals surface area contributed by atoms with E-state index in [4.69, 9.17) is 0 Å². The van der Waals surface area contributed by atoms with Gasteiger partial charge in [0.2, 0.25) is 5.91 Å². The first-order valence-corrected chi connectivity index (χ1v) is 5.05. The SMILES string of the molecule is CC#CCNC(C)C(=O)NC(C)CC. The average Bonchev–Trinajstić information content (AvgIpc) is 2.17. The smallest absolute Gasteiger partial charge is 0.237 e. The Morgan fingerprint density at radius 1 is 1.43 bits per heavy atom. The van der Waals surface area contributed by atoms with Gasteiger partial charge in [0.25, 0.3) is 0 Å². The van der Waals surface area contributed by atoms with Gasteiger partial charge in [-0.2, -0.15) is 0 Å². The monoisotopic (exact) mass is 196 g/mol. The summed E-state index contributed by atoms with van der Waals surface area (Å²) in [7, 11) is 0. The Bertz CT molecular complexity index is 227. The van der Waals surface area contributed by atoms with Crippen LogP contribution >= 0.6 is 0 Å². The van der Waals surface area contributed by atoms with Crippen molar-refractivity contribution in [3.8, 4) is 11.8 Å². The summed E-state index contributed by atoms with van der Waals surface area (Å²) < 4.78 is 0. The Labute approximate surface area is 86.6 Å². The highest BCUT2D eigenvalue weighted by atomic mass is 16.2. The third-order valence-electron chi connectivity index (χ3n) is 2.07. The third-order valence-corrected chi connectivity index (χ3v) is 2.07. The van der Waals surface area contributed by atoms with Crippen LogP contribution in [0.2, 0.25) is 0 Å². The lowest BCUT2D eigenvalue weighted by atomic mass is 10.2. The van der Waals surface area contributed by atoms with Gasteiger partial charge >= 0.3 is 0 Å². The number of hydrogen-bond donors (Lipinski definition) is 2. The van der Waals surface area contributed by atoms with Crippen LogP contribution < -0.4 is 10.6 Å². The molecular weight excluding hydrogens is 176 g/mol. The second-order valence-corrected chi connectivity index (χ2v) is 3.35. The fourth-order valence-electron chi connectivity index (χ4n) is 0.855. The van der Waals surface area contributed by atoms with Crippen LogP contribution in [0.1, 0.15) is 34.1 Å². The van der Waals surface area contributed by atoms with E-state index in [2.05, 4.69) is 22.5 Å². The van der Waals surface area contributed by atoms with Crippen LogP contribution in [0.5, 0.6) is 0 Å². The zero-order valence-corrected chi connectivity index (χ0v) is 9.48. The molecule has 80 valence electrons. The number of nitrogens with one attached hydrogen (secondary N) is 2. The zero-order valence-electron chi connectivity index (χ0n) is 9.48. The number of amides is 1. The predicted octanol–water partition coefficient (Wildman–Crippen LogP) is 0.902. The molecule has 2 unspecified atom stereocenters. The van der Waals surface area contributed by atoms with Crippen molar-refractivity contribution in [1.29, 1.82) is 0 Å². The molecule has 3 heteroatoms. The molecule has 0 aromatic carbocycles. The largest absolute Gasteiger partial charge is 0.352 e. The van der Waals surface area contributed by atoms with Crippen molar-refractivity contribution in [2.45, 2.75) is 46.2 Å². The van der Waals surface area contributed by atoms with E-state index in [9.17, 15) is 4.79 Å². The van der Waals surface area contributed by atoms with Crippen molar-refractivity contribution in [1.82, 2.24) is 10.6 Å². The summed E-state index contributed by atoms with van der Waals surface area (Å²) in [6.45, 7) is 8.23. The highest BCUT2D eigenvalue weighted by molar-refractivity contribution is 5.81. The molecule has 0 aliphatic heterocycles. The molecule has 0 fully saturated rings. The minimum absolute atomic E-state index is 0.0391. The molecule has 2 N–H and O–H groups in total. The summed E-state index contributed by atoms with van der Waals surface area (Å²) in [6, 6.07) is 0.0638. The molecule has 0 bridgehead atoms. The molecule has 2 atom stereocenters. The lowest BCUT2D eigenvalue weighted by Gasteiger charge is -2.16. The number of hydrogen-bond acceptors (Lipinski definition) is 2. The molecule has 0 rings (SSSR count). The summed E-state index contributed by atoms with van der Waals surface area (Å²) in [5.74, 6) is 5.67. The molecule has 3 nitrogen and oxygen atoms in total. The van der Waals surface area contributed by atoms with Crippen molar-refractivity contribution >= 4 is 5.91 Å². The van der Waals surface area contributed by atoms with Crippen LogP contribution in [0.25, 0.3) is 0 Å². The van der Waals surface area contributed by atoms with Gasteiger partial charge < -0.3 is 5.32 Å². The van der Waals surface area contributed by atoms with Gasteiger partial charge in [-0.1, -0.05) is 12.8 Å². The van der Waals surface area contributed by atoms with Crippen LogP contribution in [0.4, 0.5) is 0 Å². The molecule has 0 spiro atoms. The highest BCUT2D eigenvalue weighted by Gasteiger charge is 2.12. The molecule has 0 saturated heterocycles. The van der Waals surface area contributed by atoms with E-state index in [0.717, 1.165) is 6.42 Å². The highest BCUT2D eigenvalue weighted by Crippen LogP contribution is 1.89. The Hall–Kier alpha value is -1.01. The summed E-state index contributed by atoms with van der Waals surface area (Å²) >= 11 is 0. The van der Waals surface area contributed by atoms with E-state index in [0.29, 0.717) is 6.54 Å². The second-order valence-electron chi connectivity index (χ2n) is 3.35. The summed E-state index contributed by atoms with van der Waals surface area (Å²) in [4.78, 5) is 11.5. The molecule has 1 amide bonds. The molecule has 0 aromatic heterocycles. The molecule has 0 heterocycles. The van der Waals surface area contributed by atoms with Crippen LogP contribution in [-0.4, -0.2) is 24.5 Å². The molecule has 14 heavy (non-hydrogen) atoms. The zero-order chi connectivity index (χ0) is 11.0. The number of carbonyl (C=O) groups excluding carboxylic acids is 1. The minimum Gasteiger partial charge on any atom is -0.352 e. The van der Waals surface area contributed by atoms with Gasteiger partial charge in [0.15, 0.2) is 0 Å². The van der Waals surface area contributed by atoms with Crippen LogP contribution in [0, 0.1) is 11.8 Å². The fraction of sp³-hybridized carbons (Fsp3) is 0.727. The Balaban J connectivity index is 3.79. The van der Waals surface area contributed by atoms with Crippen molar-refractivity contribution in [3.63, 3.8) is 0 Å². The maximum absolute atomic E-state index is 11.5. The summed E-state index contributed by atoms with van der Waals surface area (Å²) in [6.07, 6.45) is 0.952. The van der Waals surface area contributed by atoms with Gasteiger partial charge in [-0.3, -0.25) is 10.1 Å². The molecule has 0 aliphatic rings. The topological polar surface area (TPSA) is 41.1 Å². The van der Waals surface area contributed by atoms with E-state index in [1.807, 2.05) is 20.8 Å². The van der Waals surface area contributed by atoms with Crippen molar-refractivity contribution in [2.75, 3.05) is 6.54 Å². The Morgan fingerprint density at radius 3 is 2.57 bits per heavy atom. The van der Waals surface area contributed by atoms with Crippen LogP contribution in [0.15, 0.2) is 0 Å². The van der Waals surface area contributed by atoms with Crippen molar-refractivity contribution in [3.05, 3.63) is 0 Å². The molecule has 0 aromatic rings. The van der Waals surface area contributed by atoms with Crippen LogP contribution in [-0.2, 0) is 4.79 Å². The second kappa shape index (κ2) is 7.40. The number of carbonyl (C=O) groups is 1. The standard InChI is InChI=1S/C11H20N2O/c1-5-7-8-12-10(4)11(14)13-9(3)6-2/h9-10,12H,6,8H2,1-4H3,(H,13,14). The maximum atomic E-state index is 11.5. The lowest BCUT2D eigenvalue weighted by molar-refractivity contribution is -0.123. The van der Waals surface area contributed by atoms with Gasteiger partial charge in [-0.15, -0.1) is 5.92 Å². The minimum atomic E-state index is -0.176. The first kappa shape index (κ1) is 13.0. The van der Waals surface area contributed by atoms with Crippen molar-refractivity contribution < 1.29 is 4.79 Å². The van der Waals surface area contributed by atoms with Gasteiger partial charge in [0.05, 0.1) is 12.6 Å². The van der Waals surface area contributed by atoms with E-state index in [1.54, 1.807) is 6.92 Å². The van der Waals surface area contributed by atoms with E-state index in [-0.39, 0.29) is 18.0 Å². The average molecular weight is 196 g/mol. The molecular formula is C11H20N2O. The van der Waals surface area contributed by atoms with Crippen molar-refractivity contribution in [2.24, 2.45) is 0 Å². The van der Waals surface area contributed by atoms with Gasteiger partial charge in [-0.25, -0.2) is 0 Å². The summed E-state index contributed by atoms with van der Waals surface area (Å²) in [5.41, 5.74) is 0. The lowest BCUT2D eigenvalue weighted by Crippen LogP contribution is -2.45. The van der Waals surface area contributed by atoms with E-state index < -0.39 is 0 Å². The Kier molecular flexibility index (Phi) is 6.87. The maximum Gasteiger partial charge on any atom is 0.237 e. The Morgan fingerprint density at radius 2 is 2.07 bits per heavy atom. The normalized spacial score (nSPS) is 13.7. The fourth-order valence-corrected chi connectivity index (χ4v) is 0.855. The first-order chi connectivity index (χ1) is 6.61. The van der Waals surface area contributed by atoms with Crippen LogP contribution in [0.3, 0.4) is 0 Å². The van der Waals surface area contributed by atoms with E-state index >= 15 is 0 Å². The quantitative estimate of drug-likeness (QED) is 0.642. The molecule has 0 radical (unpaired) electrons. The first-order valence-electron chi connectivity index (χ1n) is 5.05. The molecule has 0 saturated carbocycles. The predicted molar refractivity (Wildman–Crippen MR) is 58.8 cm³/mol. The van der Waals surface area contributed by atoms with Gasteiger partial charge in [-0.05, 0) is 27.2 Å². The molecule has 0 aliphatic carbocycles. The third kappa shape index (κ3) is 5.60. The summed E-state index contributed by atoms with van der Waals surface area (Å²) in [5, 5.41) is 5.93. The van der Waals surface area contributed by atoms with Gasteiger partial charge in [0, 0.05) is 6.04 Å². The van der Waals surface area contributed by atoms with E-state index in [1.165, 1.54) is 0 Å². The number of rotatable bonds is 5. The van der Waals surface area contributed by atoms with Gasteiger partial charge in [0.1, 0.15) is 0 Å².